The van der Waals surface area contributed by atoms with Crippen LogP contribution in [-0.4, -0.2) is 0 Å². The van der Waals surface area contributed by atoms with E-state index in [1.54, 1.807) is 0 Å². The van der Waals surface area contributed by atoms with Crippen LogP contribution in [0.4, 0.5) is 17.1 Å². The average Bonchev–Trinajstić information content (AvgIpc) is 4.11. The highest BCUT2D eigenvalue weighted by Gasteiger charge is 2.52. The van der Waals surface area contributed by atoms with Crippen molar-refractivity contribution in [2.75, 3.05) is 4.90 Å². The van der Waals surface area contributed by atoms with Gasteiger partial charge in [0.2, 0.25) is 0 Å². The molecule has 0 aliphatic heterocycles. The van der Waals surface area contributed by atoms with Gasteiger partial charge in [-0.15, -0.1) is 0 Å². The Kier molecular flexibility index (Phi) is 8.29. The summed E-state index contributed by atoms with van der Waals surface area (Å²) in [5.41, 5.74) is 26.2. The first-order valence-electron chi connectivity index (χ1n) is 26.3. The molecule has 0 aromatic heterocycles. The first-order chi connectivity index (χ1) is 36.2. The second kappa shape index (κ2) is 14.7. The van der Waals surface area contributed by atoms with Gasteiger partial charge in [-0.1, -0.05) is 228 Å². The lowest BCUT2D eigenvalue weighted by Gasteiger charge is -2.35. The molecule has 0 fully saturated rings. The van der Waals surface area contributed by atoms with E-state index in [0.29, 0.717) is 0 Å². The van der Waals surface area contributed by atoms with Crippen LogP contribution in [0.3, 0.4) is 0 Å². The molecule has 0 saturated heterocycles. The summed E-state index contributed by atoms with van der Waals surface area (Å²) in [4.78, 5) is 2.67. The van der Waals surface area contributed by atoms with Gasteiger partial charge in [-0.2, -0.15) is 0 Å². The molecule has 0 saturated carbocycles. The lowest BCUT2D eigenvalue weighted by atomic mass is 9.70. The Morgan fingerprint density at radius 3 is 1.28 bits per heavy atom. The van der Waals surface area contributed by atoms with Crippen molar-refractivity contribution in [1.29, 1.82) is 0 Å². The molecule has 12 aromatic carbocycles. The molecule has 74 heavy (non-hydrogen) atoms. The largest absolute Gasteiger partial charge is 0.310 e. The highest BCUT2D eigenvalue weighted by Crippen LogP contribution is 2.65. The van der Waals surface area contributed by atoms with Crippen molar-refractivity contribution in [3.8, 4) is 55.6 Å². The van der Waals surface area contributed by atoms with Gasteiger partial charge in [-0.05, 0) is 163 Å². The monoisotopic (exact) mass is 941 g/mol. The quantitative estimate of drug-likeness (QED) is 0.159. The zero-order valence-electron chi connectivity index (χ0n) is 42.0. The van der Waals surface area contributed by atoms with Crippen molar-refractivity contribution < 1.29 is 0 Å². The fourth-order valence-corrected chi connectivity index (χ4v) is 14.9. The molecule has 1 spiro atoms. The number of hydrogen-bond acceptors (Lipinski definition) is 1. The van der Waals surface area contributed by atoms with Crippen LogP contribution in [0.15, 0.2) is 237 Å². The van der Waals surface area contributed by atoms with E-state index in [0.717, 1.165) is 11.4 Å². The van der Waals surface area contributed by atoms with Crippen molar-refractivity contribution in [2.45, 2.75) is 43.9 Å². The molecule has 1 heteroatoms. The number of anilines is 3. The number of nitrogens with zero attached hydrogens (tertiary/aromatic N) is 1. The highest BCUT2D eigenvalue weighted by atomic mass is 15.1. The molecule has 12 aromatic rings. The summed E-state index contributed by atoms with van der Waals surface area (Å²) in [5, 5.41) is 7.60. The third-order valence-electron chi connectivity index (χ3n) is 18.0. The molecule has 0 N–H and O–H groups in total. The second-order valence-electron chi connectivity index (χ2n) is 22.3. The van der Waals surface area contributed by atoms with Crippen LogP contribution in [0.25, 0.3) is 88.0 Å². The highest BCUT2D eigenvalue weighted by molar-refractivity contribution is 6.26. The predicted octanol–water partition coefficient (Wildman–Crippen LogP) is 19.2. The first kappa shape index (κ1) is 41.8. The summed E-state index contributed by atoms with van der Waals surface area (Å²) < 4.78 is 0. The van der Waals surface area contributed by atoms with Crippen LogP contribution in [0.2, 0.25) is 0 Å². The van der Waals surface area contributed by atoms with E-state index in [9.17, 15) is 0 Å². The predicted molar refractivity (Wildman–Crippen MR) is 311 cm³/mol. The topological polar surface area (TPSA) is 3.24 Å². The molecule has 0 heterocycles. The average molecular weight is 942 g/mol. The van der Waals surface area contributed by atoms with Crippen molar-refractivity contribution >= 4 is 49.4 Å². The van der Waals surface area contributed by atoms with Gasteiger partial charge in [0.25, 0.3) is 0 Å². The maximum absolute atomic E-state index is 2.67. The number of benzene rings is 12. The molecule has 0 atom stereocenters. The molecule has 16 rings (SSSR count). The Morgan fingerprint density at radius 2 is 0.689 bits per heavy atom. The standard InChI is InChI=1S/C73H51N/c1-71(2)61-30-14-10-27-54(61)59-40-44(36-39-63(59)71)57-42-60-55-28-13-18-34-66(55)73(64-32-16-11-24-51(64)52-25-12-17-33-65(52)73)67(60)43-69(57)74(68-35-19-29-56-53-26-9-15-31-62(53)72(3,4)70(56)68)45-37-38-50-48-22-6-5-20-46(48)47-21-7-8-23-49(47)58(50)41-45/h5-43H,1-4H3. The zero-order chi connectivity index (χ0) is 49.2. The number of fused-ring (bicyclic) bond motifs is 22. The van der Waals surface area contributed by atoms with E-state index < -0.39 is 5.41 Å². The fourth-order valence-electron chi connectivity index (χ4n) is 14.9. The molecule has 348 valence electrons. The third-order valence-corrected chi connectivity index (χ3v) is 18.0. The maximum Gasteiger partial charge on any atom is 0.0726 e. The number of hydrogen-bond donors (Lipinski definition) is 0. The maximum atomic E-state index is 2.67. The van der Waals surface area contributed by atoms with Gasteiger partial charge in [-0.3, -0.25) is 0 Å². The molecular weight excluding hydrogens is 891 g/mol. The summed E-state index contributed by atoms with van der Waals surface area (Å²) >= 11 is 0. The van der Waals surface area contributed by atoms with Crippen LogP contribution in [-0.2, 0) is 16.2 Å². The van der Waals surface area contributed by atoms with Crippen molar-refractivity contribution in [2.24, 2.45) is 0 Å². The van der Waals surface area contributed by atoms with E-state index in [2.05, 4.69) is 269 Å². The lowest BCUT2D eigenvalue weighted by molar-refractivity contribution is 0.660. The first-order valence-corrected chi connectivity index (χ1v) is 26.3. The molecule has 4 aliphatic carbocycles. The Balaban J connectivity index is 1.07. The lowest BCUT2D eigenvalue weighted by Crippen LogP contribution is -2.26. The van der Waals surface area contributed by atoms with Gasteiger partial charge in [0.05, 0.1) is 16.8 Å². The van der Waals surface area contributed by atoms with E-state index in [4.69, 9.17) is 0 Å². The van der Waals surface area contributed by atoms with E-state index in [1.807, 2.05) is 0 Å². The minimum Gasteiger partial charge on any atom is -0.310 e. The summed E-state index contributed by atoms with van der Waals surface area (Å²) in [6.45, 7) is 9.63. The van der Waals surface area contributed by atoms with Gasteiger partial charge in [0.1, 0.15) is 0 Å². The smallest absolute Gasteiger partial charge is 0.0726 e. The summed E-state index contributed by atoms with van der Waals surface area (Å²) in [6.07, 6.45) is 0. The number of rotatable bonds is 4. The molecule has 1 nitrogen and oxygen atoms in total. The second-order valence-corrected chi connectivity index (χ2v) is 22.3. The van der Waals surface area contributed by atoms with Crippen LogP contribution in [0.1, 0.15) is 72.2 Å². The summed E-state index contributed by atoms with van der Waals surface area (Å²) in [7, 11) is 0. The van der Waals surface area contributed by atoms with Gasteiger partial charge in [-0.25, -0.2) is 0 Å². The van der Waals surface area contributed by atoms with Gasteiger partial charge in [0, 0.05) is 22.1 Å². The minimum atomic E-state index is -0.536. The molecule has 0 amide bonds. The molecule has 0 unspecified atom stereocenters. The van der Waals surface area contributed by atoms with Crippen LogP contribution in [0, 0.1) is 0 Å². The molecule has 0 radical (unpaired) electrons. The van der Waals surface area contributed by atoms with Gasteiger partial charge >= 0.3 is 0 Å². The molecular formula is C73H51N. The van der Waals surface area contributed by atoms with Crippen molar-refractivity contribution in [1.82, 2.24) is 0 Å². The Labute approximate surface area is 432 Å². The zero-order valence-corrected chi connectivity index (χ0v) is 42.0. The molecule has 0 bridgehead atoms. The van der Waals surface area contributed by atoms with E-state index in [-0.39, 0.29) is 10.8 Å². The SMILES string of the molecule is CC1(C)c2ccccc2-c2cc(-c3cc4c(cc3N(c3ccc5c6ccccc6c6ccccc6c5c3)c3cccc5c3C(C)(C)c3ccccc3-5)C3(c5ccccc5-c5ccccc53)c3ccccc3-4)ccc21. The fraction of sp³-hybridized carbons (Fsp3) is 0.0959. The summed E-state index contributed by atoms with van der Waals surface area (Å²) in [6, 6.07) is 90.6. The third kappa shape index (κ3) is 5.24. The van der Waals surface area contributed by atoms with Crippen LogP contribution >= 0.6 is 0 Å². The Morgan fingerprint density at radius 1 is 0.257 bits per heavy atom. The van der Waals surface area contributed by atoms with Gasteiger partial charge < -0.3 is 4.90 Å². The Bertz CT molecular complexity index is 4370. The Hall–Kier alpha value is -8.78. The van der Waals surface area contributed by atoms with E-state index in [1.165, 1.54) is 138 Å². The normalized spacial score (nSPS) is 15.1. The van der Waals surface area contributed by atoms with Gasteiger partial charge in [0.15, 0.2) is 0 Å². The van der Waals surface area contributed by atoms with Crippen LogP contribution < -0.4 is 4.90 Å². The van der Waals surface area contributed by atoms with Crippen LogP contribution in [0.5, 0.6) is 0 Å². The minimum absolute atomic E-state index is 0.116. The van der Waals surface area contributed by atoms with Crippen molar-refractivity contribution in [3.63, 3.8) is 0 Å². The van der Waals surface area contributed by atoms with E-state index >= 15 is 0 Å². The molecule has 4 aliphatic rings. The summed E-state index contributed by atoms with van der Waals surface area (Å²) in [5.74, 6) is 0. The van der Waals surface area contributed by atoms with Crippen molar-refractivity contribution in [3.05, 3.63) is 281 Å².